The normalized spacial score (nSPS) is 17.0. The molecule has 3 rings (SSSR count). The Labute approximate surface area is 147 Å². The van der Waals surface area contributed by atoms with Crippen LogP contribution in [0.25, 0.3) is 0 Å². The smallest absolute Gasteiger partial charge is 0.234 e. The Hall–Kier alpha value is -2.47. The van der Waals surface area contributed by atoms with Crippen LogP contribution in [0.3, 0.4) is 0 Å². The summed E-state index contributed by atoms with van der Waals surface area (Å²) < 4.78 is 16.0. The monoisotopic (exact) mass is 344 g/mol. The van der Waals surface area contributed by atoms with Gasteiger partial charge in [0, 0.05) is 12.6 Å². The molecule has 1 aliphatic rings. The molecule has 1 N–H and O–H groups in total. The molecule has 1 aromatic heterocycles. The van der Waals surface area contributed by atoms with Crippen LogP contribution >= 0.6 is 0 Å². The molecule has 134 valence electrons. The maximum Gasteiger partial charge on any atom is 0.234 e. The Balaban J connectivity index is 1.66. The lowest BCUT2D eigenvalue weighted by molar-refractivity contribution is -0.123. The van der Waals surface area contributed by atoms with Gasteiger partial charge >= 0.3 is 0 Å². The number of rotatable bonds is 6. The van der Waals surface area contributed by atoms with Gasteiger partial charge in [-0.1, -0.05) is 0 Å². The summed E-state index contributed by atoms with van der Waals surface area (Å²) in [6.45, 7) is 3.72. The van der Waals surface area contributed by atoms with Crippen LogP contribution in [-0.2, 0) is 17.8 Å². The van der Waals surface area contributed by atoms with Crippen molar-refractivity contribution in [2.75, 3.05) is 27.3 Å². The number of hydrogen-bond donors (Lipinski definition) is 1. The maximum atomic E-state index is 12.2. The molecule has 0 unspecified atom stereocenters. The molecule has 1 aliphatic heterocycles. The first-order chi connectivity index (χ1) is 12.1. The van der Waals surface area contributed by atoms with Gasteiger partial charge in [-0.3, -0.25) is 9.69 Å². The SMILES string of the molecule is COc1cc2c(cc1OC)[C@H](C)N(CC(=O)NCc1ccco1)CC2. The van der Waals surface area contributed by atoms with Crippen LogP contribution in [0.1, 0.15) is 29.9 Å². The zero-order valence-electron chi connectivity index (χ0n) is 14.9. The highest BCUT2D eigenvalue weighted by molar-refractivity contribution is 5.78. The van der Waals surface area contributed by atoms with Crippen LogP contribution in [0.5, 0.6) is 11.5 Å². The first kappa shape index (κ1) is 17.4. The van der Waals surface area contributed by atoms with Gasteiger partial charge in [-0.2, -0.15) is 0 Å². The van der Waals surface area contributed by atoms with Crippen molar-refractivity contribution in [2.45, 2.75) is 25.9 Å². The number of benzene rings is 1. The summed E-state index contributed by atoms with van der Waals surface area (Å²) in [6.07, 6.45) is 2.48. The molecule has 2 aromatic rings. The van der Waals surface area contributed by atoms with Crippen molar-refractivity contribution < 1.29 is 18.7 Å². The molecule has 1 atom stereocenters. The topological polar surface area (TPSA) is 63.9 Å². The van der Waals surface area contributed by atoms with E-state index in [1.165, 1.54) is 11.1 Å². The molecule has 0 aliphatic carbocycles. The fourth-order valence-corrected chi connectivity index (χ4v) is 3.25. The van der Waals surface area contributed by atoms with Crippen LogP contribution in [0.4, 0.5) is 0 Å². The number of hydrogen-bond acceptors (Lipinski definition) is 5. The first-order valence-corrected chi connectivity index (χ1v) is 8.40. The number of amides is 1. The second-order valence-electron chi connectivity index (χ2n) is 6.16. The summed E-state index contributed by atoms with van der Waals surface area (Å²) in [7, 11) is 3.28. The van der Waals surface area contributed by atoms with Gasteiger partial charge in [0.2, 0.25) is 5.91 Å². The third-order valence-electron chi connectivity index (χ3n) is 4.70. The van der Waals surface area contributed by atoms with Crippen LogP contribution in [-0.4, -0.2) is 38.1 Å². The summed E-state index contributed by atoms with van der Waals surface area (Å²) in [5, 5.41) is 2.90. The van der Waals surface area contributed by atoms with E-state index in [1.54, 1.807) is 20.5 Å². The predicted molar refractivity (Wildman–Crippen MR) is 93.8 cm³/mol. The van der Waals surface area contributed by atoms with Crippen molar-refractivity contribution in [1.82, 2.24) is 10.2 Å². The molecule has 0 saturated heterocycles. The lowest BCUT2D eigenvalue weighted by atomic mass is 9.93. The molecule has 6 nitrogen and oxygen atoms in total. The van der Waals surface area contributed by atoms with Crippen molar-refractivity contribution >= 4 is 5.91 Å². The average Bonchev–Trinajstić information content (AvgIpc) is 3.15. The van der Waals surface area contributed by atoms with Gasteiger partial charge in [0.25, 0.3) is 0 Å². The fourth-order valence-electron chi connectivity index (χ4n) is 3.25. The number of carbonyl (C=O) groups is 1. The minimum atomic E-state index is -0.00724. The number of carbonyl (C=O) groups excluding carboxylic acids is 1. The van der Waals surface area contributed by atoms with E-state index in [-0.39, 0.29) is 11.9 Å². The van der Waals surface area contributed by atoms with Crippen molar-refractivity contribution in [2.24, 2.45) is 0 Å². The number of nitrogens with one attached hydrogen (secondary N) is 1. The third kappa shape index (κ3) is 3.79. The van der Waals surface area contributed by atoms with E-state index in [0.717, 1.165) is 30.2 Å². The lowest BCUT2D eigenvalue weighted by Crippen LogP contribution is -2.41. The van der Waals surface area contributed by atoms with Crippen LogP contribution in [0, 0.1) is 0 Å². The van der Waals surface area contributed by atoms with Gasteiger partial charge in [0.15, 0.2) is 11.5 Å². The lowest BCUT2D eigenvalue weighted by Gasteiger charge is -2.35. The highest BCUT2D eigenvalue weighted by atomic mass is 16.5. The van der Waals surface area contributed by atoms with E-state index < -0.39 is 0 Å². The minimum Gasteiger partial charge on any atom is -0.493 e. The van der Waals surface area contributed by atoms with E-state index in [9.17, 15) is 4.79 Å². The number of fused-ring (bicyclic) bond motifs is 1. The van der Waals surface area contributed by atoms with Gasteiger partial charge in [-0.25, -0.2) is 0 Å². The van der Waals surface area contributed by atoms with Crippen molar-refractivity contribution in [3.63, 3.8) is 0 Å². The van der Waals surface area contributed by atoms with Crippen LogP contribution in [0.15, 0.2) is 34.9 Å². The highest BCUT2D eigenvalue weighted by Crippen LogP contribution is 2.37. The van der Waals surface area contributed by atoms with Gasteiger partial charge in [0.05, 0.1) is 33.6 Å². The van der Waals surface area contributed by atoms with E-state index in [1.807, 2.05) is 24.3 Å². The Bertz CT molecular complexity index is 727. The predicted octanol–water partition coefficient (Wildman–Crippen LogP) is 2.53. The molecular weight excluding hydrogens is 320 g/mol. The second kappa shape index (κ2) is 7.61. The van der Waals surface area contributed by atoms with E-state index in [0.29, 0.717) is 13.1 Å². The Morgan fingerprint density at radius 3 is 2.76 bits per heavy atom. The molecule has 0 radical (unpaired) electrons. The van der Waals surface area contributed by atoms with Gasteiger partial charge < -0.3 is 19.2 Å². The number of furan rings is 1. The zero-order valence-corrected chi connectivity index (χ0v) is 14.9. The molecule has 0 bridgehead atoms. The summed E-state index contributed by atoms with van der Waals surface area (Å²) in [5.74, 6) is 2.21. The molecule has 0 saturated carbocycles. The quantitative estimate of drug-likeness (QED) is 0.872. The number of ether oxygens (including phenoxy) is 2. The molecule has 0 fully saturated rings. The van der Waals surface area contributed by atoms with E-state index in [4.69, 9.17) is 13.9 Å². The maximum absolute atomic E-state index is 12.2. The van der Waals surface area contributed by atoms with E-state index >= 15 is 0 Å². The summed E-state index contributed by atoms with van der Waals surface area (Å²) >= 11 is 0. The highest BCUT2D eigenvalue weighted by Gasteiger charge is 2.27. The molecule has 1 aromatic carbocycles. The molecule has 6 heteroatoms. The molecule has 0 spiro atoms. The van der Waals surface area contributed by atoms with Crippen LogP contribution in [0.2, 0.25) is 0 Å². The summed E-state index contributed by atoms with van der Waals surface area (Å²) in [5.41, 5.74) is 2.43. The Kier molecular flexibility index (Phi) is 5.28. The first-order valence-electron chi connectivity index (χ1n) is 8.40. The van der Waals surface area contributed by atoms with Crippen LogP contribution < -0.4 is 14.8 Å². The van der Waals surface area contributed by atoms with Gasteiger partial charge in [-0.05, 0) is 48.7 Å². The molecule has 1 amide bonds. The Morgan fingerprint density at radius 2 is 2.08 bits per heavy atom. The van der Waals surface area contributed by atoms with E-state index in [2.05, 4.69) is 17.1 Å². The largest absolute Gasteiger partial charge is 0.493 e. The molecule has 25 heavy (non-hydrogen) atoms. The molecule has 2 heterocycles. The average molecular weight is 344 g/mol. The number of nitrogens with zero attached hydrogens (tertiary/aromatic N) is 1. The Morgan fingerprint density at radius 1 is 1.32 bits per heavy atom. The van der Waals surface area contributed by atoms with Crippen molar-refractivity contribution in [3.8, 4) is 11.5 Å². The number of methoxy groups -OCH3 is 2. The zero-order chi connectivity index (χ0) is 17.8. The van der Waals surface area contributed by atoms with Crippen molar-refractivity contribution in [1.29, 1.82) is 0 Å². The summed E-state index contributed by atoms with van der Waals surface area (Å²) in [4.78, 5) is 14.4. The minimum absolute atomic E-state index is 0.00724. The summed E-state index contributed by atoms with van der Waals surface area (Å²) in [6, 6.07) is 7.86. The fraction of sp³-hybridized carbons (Fsp3) is 0.421. The van der Waals surface area contributed by atoms with Gasteiger partial charge in [-0.15, -0.1) is 0 Å². The van der Waals surface area contributed by atoms with Gasteiger partial charge in [0.1, 0.15) is 5.76 Å². The third-order valence-corrected chi connectivity index (χ3v) is 4.70. The van der Waals surface area contributed by atoms with Crippen molar-refractivity contribution in [3.05, 3.63) is 47.4 Å². The second-order valence-corrected chi connectivity index (χ2v) is 6.16. The standard InChI is InChI=1S/C19H24N2O4/c1-13-16-10-18(24-3)17(23-2)9-14(16)6-7-21(13)12-19(22)20-11-15-5-4-8-25-15/h4-5,8-10,13H,6-7,11-12H2,1-3H3,(H,20,22)/t13-/m0/s1. The molecular formula is C19H24N2O4.